The molecule has 13 aromatic rings. The molecule has 5 aromatic heterocycles. The number of aromatic nitrogens is 11. The Morgan fingerprint density at radius 3 is 1.22 bits per heavy atom. The van der Waals surface area contributed by atoms with Crippen LogP contribution in [0.25, 0.3) is 128 Å². The van der Waals surface area contributed by atoms with Crippen LogP contribution in [0.2, 0.25) is 0 Å². The van der Waals surface area contributed by atoms with Gasteiger partial charge in [-0.3, -0.25) is 0 Å². The Balaban J connectivity index is 1.10. The Morgan fingerprint density at radius 2 is 0.716 bits per heavy atom. The second-order valence-electron chi connectivity index (χ2n) is 18.3. The van der Waals surface area contributed by atoms with E-state index in [1.54, 1.807) is 0 Å². The molecule has 350 valence electrons. The SMILES string of the molecule is [C-]#[N+]c1ccc(-n2c3ccccc3c3cc(-c4nc(C)nc(C)n4)ccc32)c(-c2ccc(-c3nc(-c4ccccc4)nc(-c4ccccc4)n3)cc2-n2c3ccccc3c3cc(-c4nc(C)nc(C)n4)ccc32)c1. The first-order valence-electron chi connectivity index (χ1n) is 24.2. The molecule has 13 rings (SSSR count). The van der Waals surface area contributed by atoms with Gasteiger partial charge in [0.15, 0.2) is 34.8 Å². The summed E-state index contributed by atoms with van der Waals surface area (Å²) in [7, 11) is 0. The van der Waals surface area contributed by atoms with Crippen molar-refractivity contribution in [3.63, 3.8) is 0 Å². The molecular formula is C62H42N12. The molecule has 0 bridgehead atoms. The van der Waals surface area contributed by atoms with Gasteiger partial charge in [0.25, 0.3) is 0 Å². The summed E-state index contributed by atoms with van der Waals surface area (Å²) in [6.45, 7) is 15.9. The van der Waals surface area contributed by atoms with E-state index in [-0.39, 0.29) is 0 Å². The fraction of sp³-hybridized carbons (Fsp3) is 0.0645. The molecule has 0 fully saturated rings. The van der Waals surface area contributed by atoms with Crippen molar-refractivity contribution in [2.24, 2.45) is 0 Å². The molecule has 74 heavy (non-hydrogen) atoms. The maximum atomic E-state index is 8.36. The minimum Gasteiger partial charge on any atom is -0.309 e. The largest absolute Gasteiger partial charge is 0.309 e. The van der Waals surface area contributed by atoms with E-state index in [1.165, 1.54) is 0 Å². The van der Waals surface area contributed by atoms with E-state index in [9.17, 15) is 0 Å². The van der Waals surface area contributed by atoms with E-state index >= 15 is 0 Å². The highest BCUT2D eigenvalue weighted by molar-refractivity contribution is 6.13. The van der Waals surface area contributed by atoms with Crippen LogP contribution in [-0.2, 0) is 0 Å². The van der Waals surface area contributed by atoms with Gasteiger partial charge in [0.2, 0.25) is 0 Å². The van der Waals surface area contributed by atoms with E-state index < -0.39 is 0 Å². The van der Waals surface area contributed by atoms with Crippen LogP contribution in [0.1, 0.15) is 23.3 Å². The van der Waals surface area contributed by atoms with Gasteiger partial charge in [0.05, 0.1) is 40.0 Å². The molecular weight excluding hydrogens is 913 g/mol. The predicted octanol–water partition coefficient (Wildman–Crippen LogP) is 14.2. The summed E-state index contributed by atoms with van der Waals surface area (Å²) in [5, 5.41) is 4.20. The molecule has 8 aromatic carbocycles. The molecule has 12 heteroatoms. The van der Waals surface area contributed by atoms with Crippen molar-refractivity contribution >= 4 is 49.3 Å². The molecule has 0 aliphatic heterocycles. The monoisotopic (exact) mass is 954 g/mol. The standard InChI is InChI=1S/C62H42N12/c1-36-64-37(2)67-60(66-36)42-25-29-54-49(32-42)46-20-12-14-22-52(46)73(54)56-31-27-45(63-5)35-51(56)48-28-24-44(62-71-58(40-16-8-6-9-17-40)70-59(72-62)41-18-10-7-11-19-41)34-57(48)74-53-23-15-13-21-47(53)50-33-43(26-30-55(50)74)61-68-38(3)65-39(4)69-61/h6-35H,1-4H3. The molecule has 0 aliphatic carbocycles. The summed E-state index contributed by atoms with van der Waals surface area (Å²) < 4.78 is 4.62. The fourth-order valence-electron chi connectivity index (χ4n) is 10.3. The molecule has 0 atom stereocenters. The second-order valence-corrected chi connectivity index (χ2v) is 18.3. The minimum absolute atomic E-state index is 0.509. The molecule has 0 saturated heterocycles. The number of aryl methyl sites for hydroxylation is 4. The Morgan fingerprint density at radius 1 is 0.311 bits per heavy atom. The van der Waals surface area contributed by atoms with E-state index in [0.29, 0.717) is 58.1 Å². The van der Waals surface area contributed by atoms with Crippen LogP contribution < -0.4 is 0 Å². The van der Waals surface area contributed by atoms with Gasteiger partial charge in [-0.25, -0.2) is 49.7 Å². The van der Waals surface area contributed by atoms with Crippen LogP contribution in [0, 0.1) is 34.3 Å². The van der Waals surface area contributed by atoms with Crippen LogP contribution in [-0.4, -0.2) is 54.0 Å². The quantitative estimate of drug-likeness (QED) is 0.137. The van der Waals surface area contributed by atoms with Gasteiger partial charge in [-0.05, 0) is 100.0 Å². The highest BCUT2D eigenvalue weighted by Gasteiger charge is 2.24. The van der Waals surface area contributed by atoms with Crippen LogP contribution in [0.3, 0.4) is 0 Å². The first kappa shape index (κ1) is 43.9. The summed E-state index contributed by atoms with van der Waals surface area (Å²) in [5.74, 6) is 5.56. The fourth-order valence-corrected chi connectivity index (χ4v) is 10.3. The third-order valence-corrected chi connectivity index (χ3v) is 13.4. The highest BCUT2D eigenvalue weighted by Crippen LogP contribution is 2.44. The zero-order valence-electron chi connectivity index (χ0n) is 40.7. The number of benzene rings is 8. The maximum absolute atomic E-state index is 8.36. The van der Waals surface area contributed by atoms with Crippen molar-refractivity contribution in [3.05, 3.63) is 217 Å². The Bertz CT molecular complexity index is 4340. The number of nitrogens with zero attached hydrogens (tertiary/aromatic N) is 12. The van der Waals surface area contributed by atoms with Gasteiger partial charge in [0.1, 0.15) is 23.3 Å². The normalized spacial score (nSPS) is 11.5. The molecule has 0 amide bonds. The van der Waals surface area contributed by atoms with E-state index in [4.69, 9.17) is 41.5 Å². The summed E-state index contributed by atoms with van der Waals surface area (Å²) in [6, 6.07) is 62.1. The lowest BCUT2D eigenvalue weighted by Crippen LogP contribution is -2.04. The van der Waals surface area contributed by atoms with E-state index in [0.717, 1.165) is 93.9 Å². The molecule has 0 saturated carbocycles. The van der Waals surface area contributed by atoms with Crippen LogP contribution in [0.4, 0.5) is 5.69 Å². The second kappa shape index (κ2) is 17.6. The van der Waals surface area contributed by atoms with Crippen LogP contribution in [0.15, 0.2) is 182 Å². The zero-order chi connectivity index (χ0) is 50.0. The zero-order valence-corrected chi connectivity index (χ0v) is 40.7. The smallest absolute Gasteiger partial charge is 0.188 e. The third kappa shape index (κ3) is 7.59. The van der Waals surface area contributed by atoms with Gasteiger partial charge in [-0.2, -0.15) is 0 Å². The van der Waals surface area contributed by atoms with Gasteiger partial charge >= 0.3 is 0 Å². The predicted molar refractivity (Wildman–Crippen MR) is 293 cm³/mol. The average molecular weight is 955 g/mol. The van der Waals surface area contributed by atoms with Crippen molar-refractivity contribution < 1.29 is 0 Å². The number of para-hydroxylation sites is 2. The molecule has 0 spiro atoms. The Kier molecular flexibility index (Phi) is 10.4. The first-order chi connectivity index (χ1) is 36.2. The van der Waals surface area contributed by atoms with Gasteiger partial charge in [-0.1, -0.05) is 115 Å². The Labute approximate surface area is 425 Å². The lowest BCUT2D eigenvalue weighted by atomic mass is 9.97. The lowest BCUT2D eigenvalue weighted by molar-refractivity contribution is 0.928. The van der Waals surface area contributed by atoms with E-state index in [2.05, 4.69) is 133 Å². The third-order valence-electron chi connectivity index (χ3n) is 13.4. The number of rotatable bonds is 8. The molecule has 0 aliphatic rings. The van der Waals surface area contributed by atoms with Crippen molar-refractivity contribution in [3.8, 4) is 79.4 Å². The average Bonchev–Trinajstić information content (AvgIpc) is 3.95. The molecule has 12 nitrogen and oxygen atoms in total. The van der Waals surface area contributed by atoms with Crippen molar-refractivity contribution in [1.82, 2.24) is 54.0 Å². The number of hydrogen-bond donors (Lipinski definition) is 0. The maximum Gasteiger partial charge on any atom is 0.188 e. The van der Waals surface area contributed by atoms with Gasteiger partial charge in [-0.15, -0.1) is 0 Å². The highest BCUT2D eigenvalue weighted by atomic mass is 15.1. The van der Waals surface area contributed by atoms with E-state index in [1.807, 2.05) is 100 Å². The first-order valence-corrected chi connectivity index (χ1v) is 24.2. The molecule has 0 radical (unpaired) electrons. The van der Waals surface area contributed by atoms with Crippen LogP contribution >= 0.6 is 0 Å². The molecule has 0 unspecified atom stereocenters. The van der Waals surface area contributed by atoms with Crippen molar-refractivity contribution in [1.29, 1.82) is 0 Å². The lowest BCUT2D eigenvalue weighted by Gasteiger charge is -2.20. The number of fused-ring (bicyclic) bond motifs is 6. The summed E-state index contributed by atoms with van der Waals surface area (Å²) in [5.41, 5.74) is 12.3. The molecule has 0 N–H and O–H groups in total. The summed E-state index contributed by atoms with van der Waals surface area (Å²) in [4.78, 5) is 47.3. The summed E-state index contributed by atoms with van der Waals surface area (Å²) >= 11 is 0. The Hall–Kier alpha value is -10.1. The van der Waals surface area contributed by atoms with Gasteiger partial charge < -0.3 is 9.13 Å². The summed E-state index contributed by atoms with van der Waals surface area (Å²) in [6.07, 6.45) is 0. The van der Waals surface area contributed by atoms with Crippen molar-refractivity contribution in [2.75, 3.05) is 0 Å². The van der Waals surface area contributed by atoms with Crippen molar-refractivity contribution in [2.45, 2.75) is 27.7 Å². The minimum atomic E-state index is 0.509. The van der Waals surface area contributed by atoms with Crippen LogP contribution in [0.5, 0.6) is 0 Å². The topological polar surface area (TPSA) is 130 Å². The number of hydrogen-bond acceptors (Lipinski definition) is 9. The van der Waals surface area contributed by atoms with Gasteiger partial charge in [0, 0.05) is 54.9 Å². The molecule has 5 heterocycles.